The molecule has 0 aromatic rings. The van der Waals surface area contributed by atoms with Crippen LogP contribution in [-0.4, -0.2) is 86.2 Å². The largest absolute Gasteiger partial charge is 0.465 e. The van der Waals surface area contributed by atoms with Gasteiger partial charge < -0.3 is 24.4 Å². The van der Waals surface area contributed by atoms with Crippen LogP contribution in [0.3, 0.4) is 0 Å². The van der Waals surface area contributed by atoms with E-state index >= 15 is 0 Å². The van der Waals surface area contributed by atoms with Gasteiger partial charge in [-0.15, -0.1) is 0 Å². The van der Waals surface area contributed by atoms with Gasteiger partial charge in [-0.1, -0.05) is 12.2 Å². The summed E-state index contributed by atoms with van der Waals surface area (Å²) in [6.07, 6.45) is 7.63. The second-order valence-corrected chi connectivity index (χ2v) is 7.73. The molecule has 0 fully saturated rings. The number of esters is 1. The number of nitrogens with one attached hydrogen (secondary N) is 1. The van der Waals surface area contributed by atoms with E-state index < -0.39 is 5.97 Å². The zero-order valence-corrected chi connectivity index (χ0v) is 19.0. The first kappa shape index (κ1) is 24.7. The van der Waals surface area contributed by atoms with E-state index in [0.717, 1.165) is 12.1 Å². The molecule has 180 valence electrons. The first-order chi connectivity index (χ1) is 16.0. The topological polar surface area (TPSA) is 114 Å². The predicted octanol–water partition coefficient (Wildman–Crippen LogP) is 0.652. The van der Waals surface area contributed by atoms with E-state index in [1.54, 1.807) is 19.2 Å². The van der Waals surface area contributed by atoms with E-state index in [0.29, 0.717) is 56.8 Å². The summed E-state index contributed by atoms with van der Waals surface area (Å²) in [5.74, 6) is -0.981. The second-order valence-electron chi connectivity index (χ2n) is 7.73. The number of ether oxygens (including phenoxy) is 3. The van der Waals surface area contributed by atoms with Gasteiger partial charge in [0.1, 0.15) is 6.54 Å². The number of amides is 3. The molecule has 3 rings (SSSR count). The van der Waals surface area contributed by atoms with Crippen molar-refractivity contribution in [2.75, 3.05) is 52.7 Å². The van der Waals surface area contributed by atoms with Crippen LogP contribution in [0.25, 0.3) is 0 Å². The predicted molar refractivity (Wildman–Crippen MR) is 117 cm³/mol. The molecule has 0 atom stereocenters. The minimum Gasteiger partial charge on any atom is -0.465 e. The number of imide groups is 1. The molecule has 0 saturated carbocycles. The first-order valence-corrected chi connectivity index (χ1v) is 11.3. The maximum absolute atomic E-state index is 12.3. The normalized spacial score (nSPS) is 18.1. The summed E-state index contributed by atoms with van der Waals surface area (Å²) in [6.45, 7) is 4.14. The number of hydrogen-bond donors (Lipinski definition) is 1. The minimum absolute atomic E-state index is 0.0876. The zero-order valence-electron chi connectivity index (χ0n) is 19.0. The highest BCUT2D eigenvalue weighted by Gasteiger charge is 2.36. The van der Waals surface area contributed by atoms with Crippen LogP contribution in [0.4, 0.5) is 0 Å². The van der Waals surface area contributed by atoms with Crippen LogP contribution in [0.5, 0.6) is 0 Å². The Hall–Kier alpha value is -2.98. The van der Waals surface area contributed by atoms with E-state index in [4.69, 9.17) is 14.2 Å². The smallest absolute Gasteiger partial charge is 0.326 e. The fraction of sp³-hybridized carbons (Fsp3) is 0.565. The van der Waals surface area contributed by atoms with Crippen LogP contribution < -0.4 is 5.32 Å². The average molecular weight is 462 g/mol. The number of rotatable bonds is 13. The third-order valence-electron chi connectivity index (χ3n) is 5.42. The van der Waals surface area contributed by atoms with Crippen LogP contribution in [0.1, 0.15) is 32.6 Å². The summed E-state index contributed by atoms with van der Waals surface area (Å²) < 4.78 is 15.9. The molecule has 2 heterocycles. The summed E-state index contributed by atoms with van der Waals surface area (Å²) in [5.41, 5.74) is 1.99. The number of allylic oxidation sites excluding steroid dienone is 2. The summed E-state index contributed by atoms with van der Waals surface area (Å²) >= 11 is 0. The molecule has 1 aliphatic carbocycles. The van der Waals surface area contributed by atoms with Crippen molar-refractivity contribution < 1.29 is 33.4 Å². The Balaban J connectivity index is 1.24. The molecule has 0 spiro atoms. The Morgan fingerprint density at radius 2 is 1.82 bits per heavy atom. The van der Waals surface area contributed by atoms with Crippen molar-refractivity contribution in [1.82, 2.24) is 15.1 Å². The fourth-order valence-electron chi connectivity index (χ4n) is 3.78. The summed E-state index contributed by atoms with van der Waals surface area (Å²) in [4.78, 5) is 50.8. The molecule has 3 aliphatic rings. The number of nitrogens with zero attached hydrogens (tertiary/aromatic N) is 2. The molecule has 0 aromatic carbocycles. The SMILES string of the molecule is CCOC(=O)CN1C=C(NCCOCCOCCN2C(=O)C3=C(CCC=C3)C2=O)CCC1=O. The lowest BCUT2D eigenvalue weighted by Crippen LogP contribution is -2.37. The molecule has 10 heteroatoms. The van der Waals surface area contributed by atoms with Gasteiger partial charge in [-0.05, 0) is 26.2 Å². The van der Waals surface area contributed by atoms with Gasteiger partial charge in [-0.2, -0.15) is 0 Å². The van der Waals surface area contributed by atoms with E-state index in [1.807, 2.05) is 6.08 Å². The Morgan fingerprint density at radius 1 is 1.03 bits per heavy atom. The molecule has 0 unspecified atom stereocenters. The number of hydrogen-bond acceptors (Lipinski definition) is 8. The van der Waals surface area contributed by atoms with Gasteiger partial charge in [0.2, 0.25) is 5.91 Å². The fourth-order valence-corrected chi connectivity index (χ4v) is 3.78. The Labute approximate surface area is 193 Å². The van der Waals surface area contributed by atoms with Crippen LogP contribution in [0.15, 0.2) is 35.2 Å². The van der Waals surface area contributed by atoms with Gasteiger partial charge in [0, 0.05) is 36.0 Å². The zero-order chi connectivity index (χ0) is 23.6. The summed E-state index contributed by atoms with van der Waals surface area (Å²) in [6, 6.07) is 0. The monoisotopic (exact) mass is 461 g/mol. The molecular formula is C23H31N3O7. The second kappa shape index (κ2) is 12.3. The molecule has 10 nitrogen and oxygen atoms in total. The standard InChI is InChI=1S/C23H31N3O7/c1-2-33-21(28)16-25-15-17(7-8-20(25)27)24-9-11-31-13-14-32-12-10-26-22(29)18-5-3-4-6-19(18)23(26)30/h3,5,15,24H,2,4,6-14,16H2,1H3. The quantitative estimate of drug-likeness (QED) is 0.242. The van der Waals surface area contributed by atoms with E-state index in [1.165, 1.54) is 9.80 Å². The van der Waals surface area contributed by atoms with Gasteiger partial charge in [0.05, 0.1) is 39.6 Å². The van der Waals surface area contributed by atoms with Gasteiger partial charge >= 0.3 is 5.97 Å². The Morgan fingerprint density at radius 3 is 2.58 bits per heavy atom. The Kier molecular flexibility index (Phi) is 9.20. The number of carbonyl (C=O) groups is 4. The van der Waals surface area contributed by atoms with Crippen LogP contribution in [-0.2, 0) is 33.4 Å². The van der Waals surface area contributed by atoms with Crippen molar-refractivity contribution in [1.29, 1.82) is 0 Å². The Bertz CT molecular complexity index is 862. The third-order valence-corrected chi connectivity index (χ3v) is 5.42. The van der Waals surface area contributed by atoms with Gasteiger partial charge in [-0.25, -0.2) is 0 Å². The molecule has 3 amide bonds. The molecule has 2 aliphatic heterocycles. The van der Waals surface area contributed by atoms with Crippen molar-refractivity contribution in [3.05, 3.63) is 35.2 Å². The van der Waals surface area contributed by atoms with Crippen LogP contribution >= 0.6 is 0 Å². The van der Waals surface area contributed by atoms with Crippen molar-refractivity contribution >= 4 is 23.7 Å². The lowest BCUT2D eigenvalue weighted by molar-refractivity contribution is -0.147. The molecular weight excluding hydrogens is 430 g/mol. The molecule has 0 bridgehead atoms. The van der Waals surface area contributed by atoms with E-state index in [9.17, 15) is 19.2 Å². The lowest BCUT2D eigenvalue weighted by atomic mass is 10.00. The van der Waals surface area contributed by atoms with Crippen molar-refractivity contribution in [3.63, 3.8) is 0 Å². The van der Waals surface area contributed by atoms with Crippen LogP contribution in [0, 0.1) is 0 Å². The maximum Gasteiger partial charge on any atom is 0.326 e. The maximum atomic E-state index is 12.3. The highest BCUT2D eigenvalue weighted by Crippen LogP contribution is 2.28. The molecule has 0 radical (unpaired) electrons. The molecule has 1 N–H and O–H groups in total. The van der Waals surface area contributed by atoms with Crippen LogP contribution in [0.2, 0.25) is 0 Å². The van der Waals surface area contributed by atoms with Crippen molar-refractivity contribution in [3.8, 4) is 0 Å². The lowest BCUT2D eigenvalue weighted by Gasteiger charge is -2.24. The average Bonchev–Trinajstić information content (AvgIpc) is 3.05. The molecule has 0 saturated heterocycles. The molecule has 0 aromatic heterocycles. The highest BCUT2D eigenvalue weighted by atomic mass is 16.5. The molecule has 33 heavy (non-hydrogen) atoms. The first-order valence-electron chi connectivity index (χ1n) is 11.3. The third kappa shape index (κ3) is 6.75. The van der Waals surface area contributed by atoms with E-state index in [-0.39, 0.29) is 44.0 Å². The summed E-state index contributed by atoms with van der Waals surface area (Å²) in [5, 5.41) is 3.21. The van der Waals surface area contributed by atoms with E-state index in [2.05, 4.69) is 5.32 Å². The minimum atomic E-state index is -0.433. The van der Waals surface area contributed by atoms with Gasteiger partial charge in [-0.3, -0.25) is 24.1 Å². The number of carbonyl (C=O) groups excluding carboxylic acids is 4. The highest BCUT2D eigenvalue weighted by molar-refractivity contribution is 6.20. The summed E-state index contributed by atoms with van der Waals surface area (Å²) in [7, 11) is 0. The van der Waals surface area contributed by atoms with Crippen molar-refractivity contribution in [2.24, 2.45) is 0 Å². The van der Waals surface area contributed by atoms with Gasteiger partial charge in [0.25, 0.3) is 11.8 Å². The van der Waals surface area contributed by atoms with Crippen molar-refractivity contribution in [2.45, 2.75) is 32.6 Å². The van der Waals surface area contributed by atoms with Gasteiger partial charge in [0.15, 0.2) is 0 Å².